The van der Waals surface area contributed by atoms with Gasteiger partial charge in [0.05, 0.1) is 23.7 Å². The van der Waals surface area contributed by atoms with Crippen LogP contribution in [0.5, 0.6) is 0 Å². The number of hydrogen-bond donors (Lipinski definition) is 1. The van der Waals surface area contributed by atoms with Crippen molar-refractivity contribution in [3.63, 3.8) is 0 Å². The summed E-state index contributed by atoms with van der Waals surface area (Å²) in [6, 6.07) is 1.89. The summed E-state index contributed by atoms with van der Waals surface area (Å²) in [5.41, 5.74) is 0.959. The molecule has 80 valence electrons. The van der Waals surface area contributed by atoms with Crippen LogP contribution < -0.4 is 0 Å². The van der Waals surface area contributed by atoms with E-state index in [9.17, 15) is 4.21 Å². The summed E-state index contributed by atoms with van der Waals surface area (Å²) in [5.74, 6) is 0.279. The Morgan fingerprint density at radius 1 is 1.47 bits per heavy atom. The third-order valence-corrected chi connectivity index (χ3v) is 2.77. The van der Waals surface area contributed by atoms with Crippen LogP contribution in [0.3, 0.4) is 0 Å². The Morgan fingerprint density at radius 3 is 3.13 bits per heavy atom. The van der Waals surface area contributed by atoms with Crippen LogP contribution in [0.4, 0.5) is 0 Å². The maximum atomic E-state index is 10.5. The summed E-state index contributed by atoms with van der Waals surface area (Å²) >= 11 is -1.72. The fourth-order valence-electron chi connectivity index (χ4n) is 1.43. The highest BCUT2D eigenvalue weighted by atomic mass is 32.2. The lowest BCUT2D eigenvalue weighted by molar-refractivity contribution is 0.552. The number of pyridine rings is 1. The average Bonchev–Trinajstić information content (AvgIpc) is 2.62. The number of nitrogens with zero attached hydrogens (tertiary/aromatic N) is 3. The highest BCUT2D eigenvalue weighted by molar-refractivity contribution is 7.79. The van der Waals surface area contributed by atoms with E-state index >= 15 is 0 Å². The Morgan fingerprint density at radius 2 is 2.33 bits per heavy atom. The van der Waals surface area contributed by atoms with E-state index in [0.717, 1.165) is 10.9 Å². The molecule has 0 saturated heterocycles. The lowest BCUT2D eigenvalue weighted by atomic mass is 10.3. The van der Waals surface area contributed by atoms with Crippen molar-refractivity contribution >= 4 is 22.0 Å². The van der Waals surface area contributed by atoms with Gasteiger partial charge in [0.2, 0.25) is 0 Å². The Hall–Kier alpha value is -1.27. The third-order valence-electron chi connectivity index (χ3n) is 2.14. The van der Waals surface area contributed by atoms with Crippen molar-refractivity contribution in [2.45, 2.75) is 13.0 Å². The predicted octanol–water partition coefficient (Wildman–Crippen LogP) is 1.04. The Bertz CT molecular complexity index is 483. The van der Waals surface area contributed by atoms with Gasteiger partial charge in [0.15, 0.2) is 11.1 Å². The van der Waals surface area contributed by atoms with E-state index in [2.05, 4.69) is 10.1 Å². The number of fused-ring (bicyclic) bond motifs is 1. The summed E-state index contributed by atoms with van der Waals surface area (Å²) in [7, 11) is 0. The quantitative estimate of drug-likeness (QED) is 0.789. The molecule has 0 amide bonds. The Kier molecular flexibility index (Phi) is 3.08. The molecule has 0 fully saturated rings. The molecule has 2 aromatic heterocycles. The van der Waals surface area contributed by atoms with Gasteiger partial charge in [0.1, 0.15) is 0 Å². The fourth-order valence-corrected chi connectivity index (χ4v) is 1.81. The first kappa shape index (κ1) is 10.3. The van der Waals surface area contributed by atoms with Gasteiger partial charge in [0, 0.05) is 18.1 Å². The van der Waals surface area contributed by atoms with Crippen LogP contribution >= 0.6 is 0 Å². The van der Waals surface area contributed by atoms with Gasteiger partial charge in [-0.2, -0.15) is 5.10 Å². The van der Waals surface area contributed by atoms with Gasteiger partial charge < -0.3 is 4.55 Å². The first-order valence-electron chi connectivity index (χ1n) is 4.60. The monoisotopic (exact) mass is 225 g/mol. The number of aryl methyl sites for hydroxylation is 1. The summed E-state index contributed by atoms with van der Waals surface area (Å²) in [5, 5.41) is 5.23. The van der Waals surface area contributed by atoms with Crippen LogP contribution in [0.1, 0.15) is 6.42 Å². The molecule has 6 heteroatoms. The zero-order chi connectivity index (χ0) is 10.7. The molecule has 0 bridgehead atoms. The molecular weight excluding hydrogens is 214 g/mol. The van der Waals surface area contributed by atoms with E-state index in [1.165, 1.54) is 0 Å². The molecule has 2 rings (SSSR count). The maximum Gasteiger partial charge on any atom is 0.152 e. The number of aromatic nitrogens is 3. The second-order valence-corrected chi connectivity index (χ2v) is 4.23. The molecule has 0 aliphatic rings. The van der Waals surface area contributed by atoms with E-state index in [0.29, 0.717) is 13.0 Å². The minimum atomic E-state index is -1.72. The summed E-state index contributed by atoms with van der Waals surface area (Å²) in [6.07, 6.45) is 5.87. The van der Waals surface area contributed by atoms with Crippen LogP contribution in [0, 0.1) is 0 Å². The van der Waals surface area contributed by atoms with Crippen LogP contribution in [0.15, 0.2) is 24.7 Å². The Labute approximate surface area is 89.4 Å². The lowest BCUT2D eigenvalue weighted by Gasteiger charge is -2.01. The molecule has 0 aliphatic heterocycles. The van der Waals surface area contributed by atoms with Gasteiger partial charge in [-0.1, -0.05) is 0 Å². The van der Waals surface area contributed by atoms with E-state index in [-0.39, 0.29) is 5.75 Å². The number of hydrogen-bond acceptors (Lipinski definition) is 3. The zero-order valence-electron chi connectivity index (χ0n) is 8.04. The van der Waals surface area contributed by atoms with Gasteiger partial charge in [-0.15, -0.1) is 0 Å². The summed E-state index contributed by atoms with van der Waals surface area (Å²) in [6.45, 7) is 0.640. The Balaban J connectivity index is 2.11. The van der Waals surface area contributed by atoms with Crippen molar-refractivity contribution < 1.29 is 8.76 Å². The number of rotatable bonds is 4. The summed E-state index contributed by atoms with van der Waals surface area (Å²) < 4.78 is 20.9. The molecule has 1 atom stereocenters. The molecule has 0 saturated carbocycles. The molecule has 15 heavy (non-hydrogen) atoms. The van der Waals surface area contributed by atoms with Gasteiger partial charge in [-0.25, -0.2) is 4.21 Å². The molecule has 5 nitrogen and oxygen atoms in total. The highest BCUT2D eigenvalue weighted by Crippen LogP contribution is 2.11. The van der Waals surface area contributed by atoms with Gasteiger partial charge in [-0.3, -0.25) is 9.67 Å². The van der Waals surface area contributed by atoms with E-state index in [4.69, 9.17) is 4.55 Å². The van der Waals surface area contributed by atoms with Crippen molar-refractivity contribution in [3.05, 3.63) is 24.7 Å². The van der Waals surface area contributed by atoms with Crippen molar-refractivity contribution in [2.24, 2.45) is 0 Å². The fraction of sp³-hybridized carbons (Fsp3) is 0.333. The highest BCUT2D eigenvalue weighted by Gasteiger charge is 2.02. The molecule has 1 N–H and O–H groups in total. The molecular formula is C9H11N3O2S. The van der Waals surface area contributed by atoms with E-state index in [1.807, 2.05) is 6.07 Å². The van der Waals surface area contributed by atoms with Crippen LogP contribution in [-0.2, 0) is 17.6 Å². The molecule has 0 radical (unpaired) electrons. The molecule has 0 aliphatic carbocycles. The second-order valence-electron chi connectivity index (χ2n) is 3.18. The van der Waals surface area contributed by atoms with Crippen molar-refractivity contribution in [2.75, 3.05) is 5.75 Å². The SMILES string of the molecule is O=S(O)CCCn1ncc2ccncc21. The molecule has 1 unspecified atom stereocenters. The lowest BCUT2D eigenvalue weighted by Crippen LogP contribution is -2.04. The van der Waals surface area contributed by atoms with Gasteiger partial charge >= 0.3 is 0 Å². The molecule has 0 aromatic carbocycles. The van der Waals surface area contributed by atoms with Gasteiger partial charge in [0.25, 0.3) is 0 Å². The van der Waals surface area contributed by atoms with E-state index in [1.54, 1.807) is 23.3 Å². The first-order valence-corrected chi connectivity index (χ1v) is 5.88. The summed E-state index contributed by atoms with van der Waals surface area (Å²) in [4.78, 5) is 4.02. The van der Waals surface area contributed by atoms with E-state index < -0.39 is 11.1 Å². The maximum absolute atomic E-state index is 10.5. The first-order chi connectivity index (χ1) is 7.27. The van der Waals surface area contributed by atoms with Crippen LogP contribution in [0.2, 0.25) is 0 Å². The average molecular weight is 225 g/mol. The van der Waals surface area contributed by atoms with Gasteiger partial charge in [-0.05, 0) is 12.5 Å². The van der Waals surface area contributed by atoms with Crippen molar-refractivity contribution in [1.82, 2.24) is 14.8 Å². The molecule has 2 aromatic rings. The topological polar surface area (TPSA) is 68.0 Å². The smallest absolute Gasteiger partial charge is 0.152 e. The largest absolute Gasteiger partial charge is 0.306 e. The minimum absolute atomic E-state index is 0.279. The normalized spacial score (nSPS) is 13.1. The zero-order valence-corrected chi connectivity index (χ0v) is 8.85. The van der Waals surface area contributed by atoms with Crippen LogP contribution in [-0.4, -0.2) is 29.3 Å². The second kappa shape index (κ2) is 4.50. The minimum Gasteiger partial charge on any atom is -0.306 e. The third kappa shape index (κ3) is 2.40. The van der Waals surface area contributed by atoms with Crippen LogP contribution in [0.25, 0.3) is 10.9 Å². The molecule has 2 heterocycles. The predicted molar refractivity (Wildman–Crippen MR) is 57.8 cm³/mol. The standard InChI is InChI=1S/C9H11N3O2S/c13-15(14)5-1-4-12-9-7-10-3-2-8(9)6-11-12/h2-3,6-7H,1,4-5H2,(H,13,14). The van der Waals surface area contributed by atoms with Crippen molar-refractivity contribution in [1.29, 1.82) is 0 Å². The van der Waals surface area contributed by atoms with Crippen molar-refractivity contribution in [3.8, 4) is 0 Å². The molecule has 0 spiro atoms.